The molecule has 3 heterocycles. The van der Waals surface area contributed by atoms with Crippen molar-refractivity contribution >= 4 is 33.7 Å². The van der Waals surface area contributed by atoms with Crippen molar-refractivity contribution < 1.29 is 37.5 Å². The Morgan fingerprint density at radius 3 is 2.63 bits per heavy atom. The third-order valence-corrected chi connectivity index (χ3v) is 6.73. The van der Waals surface area contributed by atoms with Crippen LogP contribution in [0.2, 0.25) is 0 Å². The molecule has 1 fully saturated rings. The molecule has 0 spiro atoms. The van der Waals surface area contributed by atoms with E-state index >= 15 is 0 Å². The number of anilines is 1. The van der Waals surface area contributed by atoms with Gasteiger partial charge in [0, 0.05) is 38.6 Å². The van der Waals surface area contributed by atoms with Crippen LogP contribution in [-0.4, -0.2) is 30.6 Å². The number of nitrogens with two attached hydrogens (primary N) is 2. The number of aromatic nitrogens is 5. The molecule has 4 N–H and O–H groups in total. The van der Waals surface area contributed by atoms with Gasteiger partial charge >= 0.3 is 0 Å². The number of nitrogen functional groups attached to an aromatic ring is 1. The maximum absolute atomic E-state index is 11.5. The summed E-state index contributed by atoms with van der Waals surface area (Å²) in [5.41, 5.74) is 17.8. The predicted molar refractivity (Wildman–Crippen MR) is 130 cm³/mol. The summed E-state index contributed by atoms with van der Waals surface area (Å²) in [6.07, 6.45) is 2.73. The van der Waals surface area contributed by atoms with E-state index in [1.165, 1.54) is 6.33 Å². The zero-order valence-corrected chi connectivity index (χ0v) is 22.0. The van der Waals surface area contributed by atoms with E-state index in [0.717, 1.165) is 33.3 Å². The average molecular weight is 537 g/mol. The Bertz CT molecular complexity index is 1580. The average Bonchev–Trinajstić information content (AvgIpc) is 3.19. The smallest absolute Gasteiger partial charge is 0.220 e. The summed E-state index contributed by atoms with van der Waals surface area (Å²) in [4.78, 5) is 25.2. The second kappa shape index (κ2) is 9.09. The third-order valence-electron chi connectivity index (χ3n) is 6.73. The molecule has 1 radical (unpaired) electrons. The van der Waals surface area contributed by atoms with Crippen LogP contribution in [-0.2, 0) is 37.5 Å². The van der Waals surface area contributed by atoms with Crippen LogP contribution in [0.15, 0.2) is 54.9 Å². The summed E-state index contributed by atoms with van der Waals surface area (Å²) in [6, 6.07) is 19.4. The van der Waals surface area contributed by atoms with Crippen LogP contribution >= 0.6 is 0 Å². The normalized spacial score (nSPS) is 17.2. The van der Waals surface area contributed by atoms with Gasteiger partial charge in [-0.25, -0.2) is 14.6 Å². The van der Waals surface area contributed by atoms with Crippen molar-refractivity contribution in [2.75, 3.05) is 5.73 Å². The second-order valence-corrected chi connectivity index (χ2v) is 8.76. The van der Waals surface area contributed by atoms with Crippen LogP contribution in [0.3, 0.4) is 0 Å². The first-order chi connectivity index (χ1) is 16.5. The van der Waals surface area contributed by atoms with E-state index in [-0.39, 0.29) is 50.6 Å². The molecule has 1 amide bonds. The number of hydrogen-bond acceptors (Lipinski definition) is 6. The van der Waals surface area contributed by atoms with E-state index in [9.17, 15) is 4.79 Å². The molecule has 0 aliphatic heterocycles. The Morgan fingerprint density at radius 2 is 1.89 bits per heavy atom. The monoisotopic (exact) mass is 537 g/mol. The first-order valence-corrected chi connectivity index (χ1v) is 11.2. The van der Waals surface area contributed by atoms with Gasteiger partial charge in [-0.2, -0.15) is 5.10 Å². The molecule has 0 unspecified atom stereocenters. The molecule has 0 atom stereocenters. The summed E-state index contributed by atoms with van der Waals surface area (Å²) >= 11 is 0. The molecule has 1 aliphatic rings. The Hall–Kier alpha value is -3.23. The van der Waals surface area contributed by atoms with E-state index < -0.39 is 0 Å². The number of nitrogens with zero attached hydrogens (tertiary/aromatic N) is 5. The zero-order valence-electron chi connectivity index (χ0n) is 19.1. The Balaban J connectivity index is 0.00000253. The molecule has 3 aromatic heterocycles. The molecule has 1 saturated carbocycles. The SMILES string of the molecule is Cc1c(-c2nn(C3CC(C(N)=O)C3)c3ncnc(N)c23)ccc2[c-]cc(-c3ccccc3)nc12.[Y]. The van der Waals surface area contributed by atoms with Crippen molar-refractivity contribution in [3.8, 4) is 22.5 Å². The van der Waals surface area contributed by atoms with Gasteiger partial charge in [-0.1, -0.05) is 42.0 Å². The number of primary amides is 1. The molecule has 2 aromatic carbocycles. The zero-order chi connectivity index (χ0) is 23.4. The number of amides is 1. The van der Waals surface area contributed by atoms with E-state index in [1.807, 2.05) is 60.1 Å². The van der Waals surface area contributed by atoms with Gasteiger partial charge in [0.25, 0.3) is 0 Å². The van der Waals surface area contributed by atoms with Crippen LogP contribution in [0, 0.1) is 18.9 Å². The topological polar surface area (TPSA) is 126 Å². The fourth-order valence-corrected chi connectivity index (χ4v) is 4.73. The molecular formula is C26H22N7OY-. The summed E-state index contributed by atoms with van der Waals surface area (Å²) < 4.78 is 1.87. The quantitative estimate of drug-likeness (QED) is 0.336. The minimum absolute atomic E-state index is 0. The van der Waals surface area contributed by atoms with E-state index in [1.54, 1.807) is 0 Å². The van der Waals surface area contributed by atoms with E-state index in [2.05, 4.69) is 16.0 Å². The number of fused-ring (bicyclic) bond motifs is 2. The van der Waals surface area contributed by atoms with Gasteiger partial charge in [0.15, 0.2) is 5.65 Å². The van der Waals surface area contributed by atoms with Gasteiger partial charge in [-0.05, 0) is 42.1 Å². The molecule has 0 bridgehead atoms. The Labute approximate surface area is 227 Å². The predicted octanol–water partition coefficient (Wildman–Crippen LogP) is 3.83. The molecular weight excluding hydrogens is 515 g/mol. The van der Waals surface area contributed by atoms with Crippen LogP contribution in [0.25, 0.3) is 44.5 Å². The van der Waals surface area contributed by atoms with Gasteiger partial charge in [0.2, 0.25) is 5.91 Å². The number of carbonyl (C=O) groups excluding carboxylic acids is 1. The van der Waals surface area contributed by atoms with E-state index in [0.29, 0.717) is 35.4 Å². The summed E-state index contributed by atoms with van der Waals surface area (Å²) in [6.45, 7) is 2.03. The van der Waals surface area contributed by atoms with Crippen LogP contribution in [0.4, 0.5) is 5.82 Å². The molecule has 0 saturated heterocycles. The molecule has 9 heteroatoms. The number of rotatable bonds is 4. The van der Waals surface area contributed by atoms with Crippen molar-refractivity contribution in [3.05, 3.63) is 66.5 Å². The van der Waals surface area contributed by atoms with E-state index in [4.69, 9.17) is 21.5 Å². The fourth-order valence-electron chi connectivity index (χ4n) is 4.73. The van der Waals surface area contributed by atoms with Crippen molar-refractivity contribution in [1.29, 1.82) is 0 Å². The Kier molecular flexibility index (Phi) is 6.11. The summed E-state index contributed by atoms with van der Waals surface area (Å²) in [5.74, 6) is -0.0384. The number of benzene rings is 2. The maximum Gasteiger partial charge on any atom is 0.220 e. The first-order valence-electron chi connectivity index (χ1n) is 11.2. The summed E-state index contributed by atoms with van der Waals surface area (Å²) in [5, 5.41) is 6.56. The van der Waals surface area contributed by atoms with Crippen LogP contribution in [0.1, 0.15) is 24.4 Å². The van der Waals surface area contributed by atoms with Crippen LogP contribution in [0.5, 0.6) is 0 Å². The largest absolute Gasteiger partial charge is 0.383 e. The summed E-state index contributed by atoms with van der Waals surface area (Å²) in [7, 11) is 0. The van der Waals surface area contributed by atoms with Crippen molar-refractivity contribution in [2.45, 2.75) is 25.8 Å². The Morgan fingerprint density at radius 1 is 1.11 bits per heavy atom. The van der Waals surface area contributed by atoms with Gasteiger partial charge in [0.1, 0.15) is 17.8 Å². The third kappa shape index (κ3) is 3.91. The fraction of sp³-hybridized carbons (Fsp3) is 0.192. The van der Waals surface area contributed by atoms with Crippen LogP contribution < -0.4 is 11.5 Å². The standard InChI is InChI=1S/C26H22N7O.Y/c1-14-19(9-7-16-8-10-20(31-22(14)16)15-5-3-2-4-6-15)23-21-24(27)29-13-30-26(21)33(32-23)18-11-17(12-18)25(28)34;/h2-7,9-10,13,17-18H,11-12H2,1H3,(H2,28,34)(H2,27,29,30);/q-1;. The van der Waals surface area contributed by atoms with Crippen molar-refractivity contribution in [3.63, 3.8) is 0 Å². The number of carbonyl (C=O) groups is 1. The van der Waals surface area contributed by atoms with Gasteiger partial charge < -0.3 is 16.5 Å². The molecule has 8 nitrogen and oxygen atoms in total. The number of aryl methyl sites for hydroxylation is 1. The van der Waals surface area contributed by atoms with Crippen molar-refractivity contribution in [2.24, 2.45) is 11.7 Å². The molecule has 1 aliphatic carbocycles. The maximum atomic E-state index is 11.5. The van der Waals surface area contributed by atoms with Crippen molar-refractivity contribution in [1.82, 2.24) is 24.7 Å². The van der Waals surface area contributed by atoms with Gasteiger partial charge in [-0.15, -0.1) is 23.6 Å². The molecule has 35 heavy (non-hydrogen) atoms. The van der Waals surface area contributed by atoms with Gasteiger partial charge in [-0.3, -0.25) is 4.79 Å². The number of pyridine rings is 1. The minimum Gasteiger partial charge on any atom is -0.383 e. The number of hydrogen-bond donors (Lipinski definition) is 2. The van der Waals surface area contributed by atoms with Gasteiger partial charge in [0.05, 0.1) is 11.4 Å². The molecule has 171 valence electrons. The second-order valence-electron chi connectivity index (χ2n) is 8.76. The molecule has 6 rings (SSSR count). The minimum atomic E-state index is -0.274. The molecule has 5 aromatic rings. The first kappa shape index (κ1) is 23.5.